The van der Waals surface area contributed by atoms with Gasteiger partial charge in [-0.1, -0.05) is 37.1 Å². The Morgan fingerprint density at radius 2 is 1.56 bits per heavy atom. The summed E-state index contributed by atoms with van der Waals surface area (Å²) in [6, 6.07) is 0. The van der Waals surface area contributed by atoms with Crippen molar-refractivity contribution in [2.24, 2.45) is 45.8 Å². The Kier molecular flexibility index (Phi) is 6.53. The van der Waals surface area contributed by atoms with Gasteiger partial charge in [0.25, 0.3) is 0 Å². The summed E-state index contributed by atoms with van der Waals surface area (Å²) in [7, 11) is 0. The Balaban J connectivity index is 1.14. The fourth-order valence-corrected chi connectivity index (χ4v) is 12.2. The van der Waals surface area contributed by atoms with Crippen LogP contribution in [0.2, 0.25) is 0 Å². The fourth-order valence-electron chi connectivity index (χ4n) is 12.2. The van der Waals surface area contributed by atoms with Gasteiger partial charge in [0.1, 0.15) is 0 Å². The minimum absolute atomic E-state index is 0.154. The Labute approximate surface area is 235 Å². The lowest BCUT2D eigenvalue weighted by atomic mass is 9.49. The smallest absolute Gasteiger partial charge is 0.0897 e. The van der Waals surface area contributed by atoms with Gasteiger partial charge >= 0.3 is 0 Å². The van der Waals surface area contributed by atoms with Crippen LogP contribution in [-0.4, -0.2) is 69.4 Å². The molecule has 5 nitrogen and oxygen atoms in total. The van der Waals surface area contributed by atoms with Crippen molar-refractivity contribution in [3.05, 3.63) is 23.3 Å². The van der Waals surface area contributed by atoms with Crippen molar-refractivity contribution in [2.45, 2.75) is 115 Å². The van der Waals surface area contributed by atoms with Gasteiger partial charge in [0.2, 0.25) is 0 Å². The van der Waals surface area contributed by atoms with E-state index in [1.807, 2.05) is 0 Å². The average Bonchev–Trinajstić information content (AvgIpc) is 3.13. The Morgan fingerprint density at radius 3 is 2.23 bits per heavy atom. The van der Waals surface area contributed by atoms with Gasteiger partial charge < -0.3 is 20.4 Å². The first-order valence-corrected chi connectivity index (χ1v) is 16.4. The van der Waals surface area contributed by atoms with Crippen LogP contribution in [0.4, 0.5) is 0 Å². The summed E-state index contributed by atoms with van der Waals surface area (Å²) < 4.78 is 0. The molecule has 0 radical (unpaired) electrons. The standard InChI is InChI=1S/C34H53NO4/c1-31-8-5-26(37)14-25(31)3-4-28-29(31)6-9-32(2)30(28)7-10-34(32,39)21-35(18-27(38)19-36)20-33-15-22-11-23(16-33)13-24(12-22)17-33/h3-4,22-24,26-27,29-30,36-39H,5-21H2,1-2H3. The molecule has 0 spiro atoms. The normalized spacial score (nSPS) is 50.7. The highest BCUT2D eigenvalue weighted by Gasteiger charge is 2.62. The van der Waals surface area contributed by atoms with Crippen LogP contribution >= 0.6 is 0 Å². The van der Waals surface area contributed by atoms with Crippen LogP contribution in [0.15, 0.2) is 23.3 Å². The summed E-state index contributed by atoms with van der Waals surface area (Å²) in [5.41, 5.74) is 2.53. The molecule has 39 heavy (non-hydrogen) atoms. The van der Waals surface area contributed by atoms with E-state index in [2.05, 4.69) is 30.9 Å². The van der Waals surface area contributed by atoms with Crippen LogP contribution in [0, 0.1) is 45.8 Å². The topological polar surface area (TPSA) is 84.2 Å². The molecule has 8 rings (SSSR count). The molecule has 7 fully saturated rings. The summed E-state index contributed by atoms with van der Waals surface area (Å²) in [6.45, 7) is 6.62. The second kappa shape index (κ2) is 9.39. The van der Waals surface area contributed by atoms with Crippen molar-refractivity contribution < 1.29 is 20.4 Å². The Morgan fingerprint density at radius 1 is 0.897 bits per heavy atom. The predicted octanol–water partition coefficient (Wildman–Crippen LogP) is 4.83. The Bertz CT molecular complexity index is 1000. The molecule has 0 aromatic rings. The molecule has 7 unspecified atom stereocenters. The van der Waals surface area contributed by atoms with E-state index >= 15 is 0 Å². The van der Waals surface area contributed by atoms with Gasteiger partial charge in [0, 0.05) is 25.0 Å². The summed E-state index contributed by atoms with van der Waals surface area (Å²) >= 11 is 0. The molecule has 0 aromatic carbocycles. The maximum absolute atomic E-state index is 12.6. The fraction of sp³-hybridized carbons (Fsp3) is 0.882. The second-order valence-corrected chi connectivity index (χ2v) is 16.2. The van der Waals surface area contributed by atoms with Gasteiger partial charge in [0.15, 0.2) is 0 Å². The third-order valence-corrected chi connectivity index (χ3v) is 13.8. The van der Waals surface area contributed by atoms with Gasteiger partial charge in [-0.3, -0.25) is 4.90 Å². The van der Waals surface area contributed by atoms with E-state index in [4.69, 9.17) is 0 Å². The molecule has 0 saturated heterocycles. The Hall–Kier alpha value is -0.720. The quantitative estimate of drug-likeness (QED) is 0.372. The molecule has 5 heteroatoms. The molecular formula is C34H53NO4. The van der Waals surface area contributed by atoms with Crippen molar-refractivity contribution in [3.8, 4) is 0 Å². The van der Waals surface area contributed by atoms with Crippen LogP contribution in [0.25, 0.3) is 0 Å². The summed E-state index contributed by atoms with van der Waals surface area (Å²) in [4.78, 5) is 2.39. The molecule has 218 valence electrons. The zero-order valence-electron chi connectivity index (χ0n) is 24.5. The van der Waals surface area contributed by atoms with Crippen LogP contribution in [0.3, 0.4) is 0 Å². The number of fused-ring (bicyclic) bond motifs is 5. The van der Waals surface area contributed by atoms with Crippen molar-refractivity contribution >= 4 is 0 Å². The summed E-state index contributed by atoms with van der Waals surface area (Å²) in [5.74, 6) is 3.57. The first-order chi connectivity index (χ1) is 18.5. The molecule has 0 amide bonds. The number of allylic oxidation sites excluding steroid dienone is 3. The molecule has 4 N–H and O–H groups in total. The number of rotatable bonds is 7. The zero-order chi connectivity index (χ0) is 27.2. The van der Waals surface area contributed by atoms with Gasteiger partial charge in [-0.15, -0.1) is 0 Å². The van der Waals surface area contributed by atoms with Gasteiger partial charge in [-0.25, -0.2) is 0 Å². The maximum atomic E-state index is 12.6. The van der Waals surface area contributed by atoms with E-state index < -0.39 is 11.7 Å². The average molecular weight is 540 g/mol. The first-order valence-electron chi connectivity index (χ1n) is 16.4. The SMILES string of the molecule is CC12CCC(O)CC1=CC=C1C2CCC2(C)C1CCC2(O)CN(CC(O)CO)CC12CC3CC(CC(C3)C1)C2. The first kappa shape index (κ1) is 27.1. The number of hydrogen-bond donors (Lipinski definition) is 4. The van der Waals surface area contributed by atoms with Crippen LogP contribution < -0.4 is 0 Å². The largest absolute Gasteiger partial charge is 0.394 e. The van der Waals surface area contributed by atoms with E-state index in [1.54, 1.807) is 5.57 Å². The highest BCUT2D eigenvalue weighted by atomic mass is 16.3. The van der Waals surface area contributed by atoms with E-state index in [9.17, 15) is 20.4 Å². The van der Waals surface area contributed by atoms with Gasteiger partial charge in [-0.05, 0) is 124 Å². The van der Waals surface area contributed by atoms with Gasteiger partial charge in [-0.2, -0.15) is 0 Å². The van der Waals surface area contributed by atoms with E-state index in [0.29, 0.717) is 30.3 Å². The minimum atomic E-state index is -0.783. The van der Waals surface area contributed by atoms with E-state index in [1.165, 1.54) is 44.1 Å². The highest BCUT2D eigenvalue weighted by Crippen LogP contribution is 2.66. The molecule has 7 saturated carbocycles. The highest BCUT2D eigenvalue weighted by molar-refractivity contribution is 5.39. The van der Waals surface area contributed by atoms with Crippen molar-refractivity contribution in [1.29, 1.82) is 0 Å². The second-order valence-electron chi connectivity index (χ2n) is 16.2. The monoisotopic (exact) mass is 539 g/mol. The molecule has 7 atom stereocenters. The minimum Gasteiger partial charge on any atom is -0.394 e. The van der Waals surface area contributed by atoms with Crippen molar-refractivity contribution in [3.63, 3.8) is 0 Å². The van der Waals surface area contributed by atoms with E-state index in [-0.39, 0.29) is 23.5 Å². The van der Waals surface area contributed by atoms with Crippen molar-refractivity contribution in [1.82, 2.24) is 4.90 Å². The number of aliphatic hydroxyl groups is 4. The molecule has 0 aromatic heterocycles. The molecule has 0 heterocycles. The lowest BCUT2D eigenvalue weighted by Gasteiger charge is -2.59. The summed E-state index contributed by atoms with van der Waals surface area (Å²) in [5, 5.41) is 43.3. The number of aliphatic hydroxyl groups excluding tert-OH is 3. The molecule has 0 aliphatic heterocycles. The molecule has 8 aliphatic carbocycles. The van der Waals surface area contributed by atoms with Crippen molar-refractivity contribution in [2.75, 3.05) is 26.2 Å². The number of hydrogen-bond acceptors (Lipinski definition) is 5. The van der Waals surface area contributed by atoms with Crippen LogP contribution in [-0.2, 0) is 0 Å². The van der Waals surface area contributed by atoms with Gasteiger partial charge in [0.05, 0.1) is 24.4 Å². The van der Waals surface area contributed by atoms with Crippen LogP contribution in [0.5, 0.6) is 0 Å². The zero-order valence-corrected chi connectivity index (χ0v) is 24.5. The maximum Gasteiger partial charge on any atom is 0.0897 e. The lowest BCUT2D eigenvalue weighted by Crippen LogP contribution is -2.59. The molecular weight excluding hydrogens is 486 g/mol. The predicted molar refractivity (Wildman–Crippen MR) is 153 cm³/mol. The molecule has 4 bridgehead atoms. The van der Waals surface area contributed by atoms with E-state index in [0.717, 1.165) is 69.2 Å². The summed E-state index contributed by atoms with van der Waals surface area (Å²) in [6.07, 6.45) is 18.8. The van der Waals surface area contributed by atoms with Crippen LogP contribution in [0.1, 0.15) is 97.3 Å². The number of nitrogens with zero attached hydrogens (tertiary/aromatic N) is 1. The third-order valence-electron chi connectivity index (χ3n) is 13.8. The third kappa shape index (κ3) is 4.27. The lowest BCUT2D eigenvalue weighted by molar-refractivity contribution is -0.124. The molecule has 8 aliphatic rings.